The first-order chi connectivity index (χ1) is 12.2. The van der Waals surface area contributed by atoms with Gasteiger partial charge in [0.15, 0.2) is 5.82 Å². The Morgan fingerprint density at radius 3 is 2.92 bits per heavy atom. The molecule has 0 bridgehead atoms. The van der Waals surface area contributed by atoms with E-state index in [2.05, 4.69) is 28.0 Å². The van der Waals surface area contributed by atoms with Crippen LogP contribution in [0.15, 0.2) is 22.7 Å². The van der Waals surface area contributed by atoms with E-state index in [0.717, 1.165) is 56.0 Å². The van der Waals surface area contributed by atoms with E-state index in [4.69, 9.17) is 14.0 Å². The maximum atomic E-state index is 5.59. The lowest BCUT2D eigenvalue weighted by molar-refractivity contribution is 0.209. The summed E-state index contributed by atoms with van der Waals surface area (Å²) < 4.78 is 16.3. The van der Waals surface area contributed by atoms with Gasteiger partial charge >= 0.3 is 0 Å². The SMILES string of the molecule is CCCCc1noc(CN2CCCC2c2ccc(OC)cc2OC)n1. The summed E-state index contributed by atoms with van der Waals surface area (Å²) >= 11 is 0. The molecule has 2 aromatic rings. The Morgan fingerprint density at radius 1 is 1.28 bits per heavy atom. The van der Waals surface area contributed by atoms with Crippen molar-refractivity contribution < 1.29 is 14.0 Å². The van der Waals surface area contributed by atoms with Crippen molar-refractivity contribution in [3.8, 4) is 11.5 Å². The molecule has 0 saturated carbocycles. The second-order valence-corrected chi connectivity index (χ2v) is 6.44. The van der Waals surface area contributed by atoms with E-state index >= 15 is 0 Å². The number of nitrogens with zero attached hydrogens (tertiary/aromatic N) is 3. The number of aromatic nitrogens is 2. The van der Waals surface area contributed by atoms with Gasteiger partial charge in [-0.25, -0.2) is 0 Å². The number of methoxy groups -OCH3 is 2. The molecule has 1 aromatic carbocycles. The lowest BCUT2D eigenvalue weighted by Gasteiger charge is -2.25. The van der Waals surface area contributed by atoms with E-state index in [1.807, 2.05) is 12.1 Å². The van der Waals surface area contributed by atoms with Crippen LogP contribution in [0.25, 0.3) is 0 Å². The average molecular weight is 345 g/mol. The van der Waals surface area contributed by atoms with Gasteiger partial charge in [-0.2, -0.15) is 4.98 Å². The van der Waals surface area contributed by atoms with E-state index in [1.54, 1.807) is 14.2 Å². The molecule has 1 unspecified atom stereocenters. The molecule has 25 heavy (non-hydrogen) atoms. The molecule has 1 aromatic heterocycles. The smallest absolute Gasteiger partial charge is 0.240 e. The summed E-state index contributed by atoms with van der Waals surface area (Å²) in [5.41, 5.74) is 1.19. The minimum Gasteiger partial charge on any atom is -0.497 e. The van der Waals surface area contributed by atoms with Crippen molar-refractivity contribution in [1.82, 2.24) is 15.0 Å². The molecule has 0 radical (unpaired) electrons. The van der Waals surface area contributed by atoms with E-state index in [-0.39, 0.29) is 0 Å². The molecule has 0 N–H and O–H groups in total. The molecule has 136 valence electrons. The second kappa shape index (κ2) is 8.34. The van der Waals surface area contributed by atoms with Gasteiger partial charge in [0.1, 0.15) is 11.5 Å². The average Bonchev–Trinajstić information content (AvgIpc) is 3.29. The van der Waals surface area contributed by atoms with Crippen LogP contribution in [-0.4, -0.2) is 35.8 Å². The Hall–Kier alpha value is -2.08. The molecule has 1 aliphatic rings. The second-order valence-electron chi connectivity index (χ2n) is 6.44. The Kier molecular flexibility index (Phi) is 5.91. The number of likely N-dealkylation sites (tertiary alicyclic amines) is 1. The normalized spacial score (nSPS) is 17.8. The highest BCUT2D eigenvalue weighted by atomic mass is 16.5. The molecule has 0 spiro atoms. The number of hydrogen-bond donors (Lipinski definition) is 0. The number of aryl methyl sites for hydroxylation is 1. The van der Waals surface area contributed by atoms with Gasteiger partial charge in [-0.05, 0) is 31.9 Å². The minimum absolute atomic E-state index is 0.298. The van der Waals surface area contributed by atoms with Gasteiger partial charge in [0.2, 0.25) is 5.89 Å². The summed E-state index contributed by atoms with van der Waals surface area (Å²) in [5.74, 6) is 3.19. The highest BCUT2D eigenvalue weighted by Gasteiger charge is 2.29. The Morgan fingerprint density at radius 2 is 2.16 bits per heavy atom. The minimum atomic E-state index is 0.298. The summed E-state index contributed by atoms with van der Waals surface area (Å²) in [7, 11) is 3.37. The Bertz CT molecular complexity index is 686. The molecule has 0 amide bonds. The third-order valence-electron chi connectivity index (χ3n) is 4.77. The van der Waals surface area contributed by atoms with Crippen molar-refractivity contribution in [3.63, 3.8) is 0 Å². The first-order valence-corrected chi connectivity index (χ1v) is 9.02. The number of benzene rings is 1. The zero-order valence-electron chi connectivity index (χ0n) is 15.3. The molecule has 0 aliphatic carbocycles. The van der Waals surface area contributed by atoms with Crippen molar-refractivity contribution in [2.75, 3.05) is 20.8 Å². The molecular formula is C19H27N3O3. The van der Waals surface area contributed by atoms with Crippen LogP contribution >= 0.6 is 0 Å². The first-order valence-electron chi connectivity index (χ1n) is 9.02. The third-order valence-corrected chi connectivity index (χ3v) is 4.77. The van der Waals surface area contributed by atoms with Gasteiger partial charge in [-0.3, -0.25) is 4.90 Å². The molecule has 1 saturated heterocycles. The maximum absolute atomic E-state index is 5.59. The van der Waals surface area contributed by atoms with Crippen LogP contribution in [0.3, 0.4) is 0 Å². The summed E-state index contributed by atoms with van der Waals surface area (Å²) in [5, 5.41) is 4.10. The van der Waals surface area contributed by atoms with Gasteiger partial charge in [0.25, 0.3) is 0 Å². The lowest BCUT2D eigenvalue weighted by atomic mass is 10.0. The molecule has 1 fully saturated rings. The van der Waals surface area contributed by atoms with Crippen molar-refractivity contribution in [2.24, 2.45) is 0 Å². The van der Waals surface area contributed by atoms with Crippen LogP contribution in [0.1, 0.15) is 55.9 Å². The molecular weight excluding hydrogens is 318 g/mol. The zero-order valence-corrected chi connectivity index (χ0v) is 15.3. The monoisotopic (exact) mass is 345 g/mol. The van der Waals surface area contributed by atoms with Crippen LogP contribution in [0.2, 0.25) is 0 Å². The van der Waals surface area contributed by atoms with Gasteiger partial charge in [0.05, 0.1) is 20.8 Å². The maximum Gasteiger partial charge on any atom is 0.240 e. The van der Waals surface area contributed by atoms with Gasteiger partial charge < -0.3 is 14.0 Å². The van der Waals surface area contributed by atoms with Crippen molar-refractivity contribution >= 4 is 0 Å². The van der Waals surface area contributed by atoms with Crippen molar-refractivity contribution in [1.29, 1.82) is 0 Å². The van der Waals surface area contributed by atoms with Crippen LogP contribution in [0.5, 0.6) is 11.5 Å². The lowest BCUT2D eigenvalue weighted by Crippen LogP contribution is -2.23. The summed E-state index contributed by atoms with van der Waals surface area (Å²) in [4.78, 5) is 6.93. The molecule has 1 aliphatic heterocycles. The molecule has 2 heterocycles. The molecule has 6 heteroatoms. The Labute approximate surface area is 149 Å². The Balaban J connectivity index is 1.73. The number of hydrogen-bond acceptors (Lipinski definition) is 6. The summed E-state index contributed by atoms with van der Waals surface area (Å²) in [6, 6.07) is 6.33. The highest BCUT2D eigenvalue weighted by Crippen LogP contribution is 2.39. The third kappa shape index (κ3) is 4.12. The molecule has 6 nitrogen and oxygen atoms in total. The van der Waals surface area contributed by atoms with Gasteiger partial charge in [-0.15, -0.1) is 0 Å². The topological polar surface area (TPSA) is 60.6 Å². The highest BCUT2D eigenvalue weighted by molar-refractivity contribution is 5.42. The van der Waals surface area contributed by atoms with Crippen LogP contribution < -0.4 is 9.47 Å². The largest absolute Gasteiger partial charge is 0.497 e. The van der Waals surface area contributed by atoms with Gasteiger partial charge in [0, 0.05) is 24.1 Å². The number of rotatable bonds is 8. The predicted octanol–water partition coefficient (Wildman–Crippen LogP) is 3.77. The summed E-state index contributed by atoms with van der Waals surface area (Å²) in [6.07, 6.45) is 5.36. The standard InChI is InChI=1S/C19H27N3O3/c1-4-5-8-18-20-19(25-21-18)13-22-11-6-7-16(22)15-10-9-14(23-2)12-17(15)24-3/h9-10,12,16H,4-8,11,13H2,1-3H3. The molecule has 3 rings (SSSR count). The number of unbranched alkanes of at least 4 members (excludes halogenated alkanes) is 1. The van der Waals surface area contributed by atoms with Crippen molar-refractivity contribution in [3.05, 3.63) is 35.5 Å². The number of ether oxygens (including phenoxy) is 2. The van der Waals surface area contributed by atoms with Crippen LogP contribution in [0, 0.1) is 0 Å². The van der Waals surface area contributed by atoms with E-state index in [1.165, 1.54) is 5.56 Å². The fourth-order valence-electron chi connectivity index (χ4n) is 3.43. The molecule has 1 atom stereocenters. The van der Waals surface area contributed by atoms with E-state index < -0.39 is 0 Å². The van der Waals surface area contributed by atoms with E-state index in [9.17, 15) is 0 Å². The quantitative estimate of drug-likeness (QED) is 0.726. The zero-order chi connectivity index (χ0) is 17.6. The van der Waals surface area contributed by atoms with Crippen molar-refractivity contribution in [2.45, 2.75) is 51.6 Å². The fraction of sp³-hybridized carbons (Fsp3) is 0.579. The predicted molar refractivity (Wildman–Crippen MR) is 94.8 cm³/mol. The fourth-order valence-corrected chi connectivity index (χ4v) is 3.43. The van der Waals surface area contributed by atoms with Crippen LogP contribution in [-0.2, 0) is 13.0 Å². The summed E-state index contributed by atoms with van der Waals surface area (Å²) in [6.45, 7) is 3.86. The van der Waals surface area contributed by atoms with E-state index in [0.29, 0.717) is 18.5 Å². The first kappa shape index (κ1) is 17.7. The van der Waals surface area contributed by atoms with Crippen LogP contribution in [0.4, 0.5) is 0 Å². The van der Waals surface area contributed by atoms with Gasteiger partial charge in [-0.1, -0.05) is 24.6 Å².